The number of ether oxygens (including phenoxy) is 1. The molecule has 0 radical (unpaired) electrons. The maximum absolute atomic E-state index is 12.3. The van der Waals surface area contributed by atoms with Crippen LogP contribution in [0.3, 0.4) is 0 Å². The summed E-state index contributed by atoms with van der Waals surface area (Å²) in [6, 6.07) is 8.72. The molecule has 0 aliphatic heterocycles. The van der Waals surface area contributed by atoms with Crippen molar-refractivity contribution in [2.75, 3.05) is 11.9 Å². The minimum absolute atomic E-state index is 0.0268. The first-order chi connectivity index (χ1) is 14.3. The molecule has 2 N–H and O–H groups in total. The molecular formula is C19H20ClN3O7S. The van der Waals surface area contributed by atoms with Crippen molar-refractivity contribution in [3.63, 3.8) is 0 Å². The van der Waals surface area contributed by atoms with Gasteiger partial charge in [-0.2, -0.15) is 0 Å². The first kappa shape index (κ1) is 24.3. The monoisotopic (exact) mass is 469 g/mol. The van der Waals surface area contributed by atoms with Crippen LogP contribution < -0.4 is 10.0 Å². The number of sulfonamides is 1. The van der Waals surface area contributed by atoms with E-state index in [4.69, 9.17) is 16.3 Å². The number of esters is 1. The van der Waals surface area contributed by atoms with Crippen LogP contribution >= 0.6 is 11.6 Å². The van der Waals surface area contributed by atoms with Gasteiger partial charge in [-0.05, 0) is 57.2 Å². The number of rotatable bonds is 7. The average Bonchev–Trinajstić information content (AvgIpc) is 2.65. The summed E-state index contributed by atoms with van der Waals surface area (Å²) in [5, 5.41) is 13.2. The van der Waals surface area contributed by atoms with Gasteiger partial charge in [0, 0.05) is 17.3 Å². The van der Waals surface area contributed by atoms with Crippen molar-refractivity contribution in [3.05, 3.63) is 63.2 Å². The predicted octanol–water partition coefficient (Wildman–Crippen LogP) is 3.12. The maximum Gasteiger partial charge on any atom is 0.338 e. The zero-order valence-corrected chi connectivity index (χ0v) is 18.4. The lowest BCUT2D eigenvalue weighted by Crippen LogP contribution is -2.40. The Morgan fingerprint density at radius 1 is 1.13 bits per heavy atom. The van der Waals surface area contributed by atoms with Crippen molar-refractivity contribution in [2.45, 2.75) is 31.2 Å². The van der Waals surface area contributed by atoms with E-state index >= 15 is 0 Å². The number of hydrogen-bond donors (Lipinski definition) is 2. The van der Waals surface area contributed by atoms with Crippen molar-refractivity contribution in [2.24, 2.45) is 0 Å². The zero-order valence-electron chi connectivity index (χ0n) is 16.8. The Morgan fingerprint density at radius 2 is 1.74 bits per heavy atom. The summed E-state index contributed by atoms with van der Waals surface area (Å²) in [6.07, 6.45) is 0. The molecule has 2 aromatic carbocycles. The molecule has 2 aromatic rings. The van der Waals surface area contributed by atoms with Crippen LogP contribution in [0.25, 0.3) is 0 Å². The highest BCUT2D eigenvalue weighted by molar-refractivity contribution is 7.89. The highest BCUT2D eigenvalue weighted by Gasteiger charge is 2.22. The largest absolute Gasteiger partial charge is 0.452 e. The van der Waals surface area contributed by atoms with E-state index in [0.717, 1.165) is 6.07 Å². The molecule has 31 heavy (non-hydrogen) atoms. The minimum Gasteiger partial charge on any atom is -0.452 e. The third-order valence-corrected chi connectivity index (χ3v) is 5.70. The lowest BCUT2D eigenvalue weighted by molar-refractivity contribution is -0.384. The summed E-state index contributed by atoms with van der Waals surface area (Å²) in [4.78, 5) is 34.2. The first-order valence-electron chi connectivity index (χ1n) is 8.83. The van der Waals surface area contributed by atoms with E-state index in [1.165, 1.54) is 36.4 Å². The number of halogens is 1. The number of benzene rings is 2. The average molecular weight is 470 g/mol. The van der Waals surface area contributed by atoms with E-state index < -0.39 is 39.0 Å². The number of nitrogens with zero attached hydrogens (tertiary/aromatic N) is 1. The maximum atomic E-state index is 12.3. The summed E-state index contributed by atoms with van der Waals surface area (Å²) in [5.41, 5.74) is -0.899. The lowest BCUT2D eigenvalue weighted by atomic mass is 10.1. The Morgan fingerprint density at radius 3 is 2.29 bits per heavy atom. The van der Waals surface area contributed by atoms with Crippen LogP contribution in [0.15, 0.2) is 47.4 Å². The molecule has 0 aromatic heterocycles. The number of anilines is 1. The number of nitro benzene ring substituents is 1. The summed E-state index contributed by atoms with van der Waals surface area (Å²) < 4.78 is 31.9. The van der Waals surface area contributed by atoms with Crippen LogP contribution in [-0.2, 0) is 19.6 Å². The van der Waals surface area contributed by atoms with Gasteiger partial charge in [-0.3, -0.25) is 14.9 Å². The van der Waals surface area contributed by atoms with Gasteiger partial charge < -0.3 is 10.1 Å². The fraction of sp³-hybridized carbons (Fsp3) is 0.263. The third kappa shape index (κ3) is 7.02. The molecule has 0 saturated carbocycles. The fourth-order valence-electron chi connectivity index (χ4n) is 2.37. The third-order valence-electron chi connectivity index (χ3n) is 3.60. The topological polar surface area (TPSA) is 145 Å². The summed E-state index contributed by atoms with van der Waals surface area (Å²) in [5.74, 6) is -1.57. The Kier molecular flexibility index (Phi) is 7.37. The van der Waals surface area contributed by atoms with Gasteiger partial charge in [-0.1, -0.05) is 11.6 Å². The van der Waals surface area contributed by atoms with Crippen LogP contribution in [0.2, 0.25) is 5.02 Å². The van der Waals surface area contributed by atoms with E-state index in [-0.39, 0.29) is 26.9 Å². The van der Waals surface area contributed by atoms with E-state index in [0.29, 0.717) is 0 Å². The van der Waals surface area contributed by atoms with Gasteiger partial charge in [0.05, 0.1) is 15.4 Å². The number of nitrogens with one attached hydrogen (secondary N) is 2. The molecule has 0 unspecified atom stereocenters. The van der Waals surface area contributed by atoms with E-state index in [1.54, 1.807) is 20.8 Å². The van der Waals surface area contributed by atoms with E-state index in [1.807, 2.05) is 0 Å². The Bertz CT molecular complexity index is 1110. The molecule has 0 fully saturated rings. The smallest absolute Gasteiger partial charge is 0.338 e. The summed E-state index contributed by atoms with van der Waals surface area (Å²) >= 11 is 5.70. The number of nitro groups is 1. The molecule has 0 atom stereocenters. The molecule has 0 bridgehead atoms. The standard InChI is InChI=1S/C19H20ClN3O7S/c1-19(2,3)22-31(28,29)14-7-4-12(5-8-14)18(25)30-11-17(24)21-13-6-9-15(20)16(10-13)23(26)27/h4-10,22H,11H2,1-3H3,(H,21,24). The zero-order chi connectivity index (χ0) is 23.4. The number of carbonyl (C=O) groups excluding carboxylic acids is 2. The molecular weight excluding hydrogens is 450 g/mol. The van der Waals surface area contributed by atoms with E-state index in [2.05, 4.69) is 10.0 Å². The molecule has 10 nitrogen and oxygen atoms in total. The lowest BCUT2D eigenvalue weighted by Gasteiger charge is -2.20. The molecule has 166 valence electrons. The number of carbonyl (C=O) groups is 2. The second kappa shape index (κ2) is 9.41. The summed E-state index contributed by atoms with van der Waals surface area (Å²) in [7, 11) is -3.76. The number of hydrogen-bond acceptors (Lipinski definition) is 7. The highest BCUT2D eigenvalue weighted by Crippen LogP contribution is 2.27. The quantitative estimate of drug-likeness (QED) is 0.360. The van der Waals surface area contributed by atoms with Crippen molar-refractivity contribution in [1.29, 1.82) is 0 Å². The highest BCUT2D eigenvalue weighted by atomic mass is 35.5. The van der Waals surface area contributed by atoms with Crippen LogP contribution in [0.5, 0.6) is 0 Å². The van der Waals surface area contributed by atoms with Crippen LogP contribution in [-0.4, -0.2) is 37.4 Å². The second-order valence-electron chi connectivity index (χ2n) is 7.43. The van der Waals surface area contributed by atoms with Gasteiger partial charge in [-0.25, -0.2) is 17.9 Å². The number of amides is 1. The van der Waals surface area contributed by atoms with Gasteiger partial charge in [-0.15, -0.1) is 0 Å². The Hall–Kier alpha value is -3.02. The fourth-order valence-corrected chi connectivity index (χ4v) is 3.98. The first-order valence-corrected chi connectivity index (χ1v) is 10.7. The molecule has 0 aliphatic rings. The van der Waals surface area contributed by atoms with Crippen molar-refractivity contribution >= 4 is 44.9 Å². The Balaban J connectivity index is 1.97. The Labute approximate surface area is 183 Å². The molecule has 0 spiro atoms. The normalized spacial score (nSPS) is 11.6. The molecule has 12 heteroatoms. The van der Waals surface area contributed by atoms with Crippen LogP contribution in [0, 0.1) is 10.1 Å². The molecule has 1 amide bonds. The van der Waals surface area contributed by atoms with Crippen molar-refractivity contribution < 1.29 is 27.7 Å². The van der Waals surface area contributed by atoms with Gasteiger partial charge in [0.15, 0.2) is 6.61 Å². The molecule has 0 saturated heterocycles. The molecule has 2 rings (SSSR count). The molecule has 0 aliphatic carbocycles. The van der Waals surface area contributed by atoms with E-state index in [9.17, 15) is 28.1 Å². The predicted molar refractivity (Wildman–Crippen MR) is 114 cm³/mol. The van der Waals surface area contributed by atoms with Gasteiger partial charge in [0.25, 0.3) is 11.6 Å². The van der Waals surface area contributed by atoms with Crippen molar-refractivity contribution in [3.8, 4) is 0 Å². The van der Waals surface area contributed by atoms with Crippen molar-refractivity contribution in [1.82, 2.24) is 4.72 Å². The van der Waals surface area contributed by atoms with Gasteiger partial charge >= 0.3 is 5.97 Å². The van der Waals surface area contributed by atoms with Gasteiger partial charge in [0.1, 0.15) is 5.02 Å². The summed E-state index contributed by atoms with van der Waals surface area (Å²) in [6.45, 7) is 4.44. The molecule has 0 heterocycles. The second-order valence-corrected chi connectivity index (χ2v) is 9.52. The van der Waals surface area contributed by atoms with Crippen LogP contribution in [0.1, 0.15) is 31.1 Å². The van der Waals surface area contributed by atoms with Gasteiger partial charge in [0.2, 0.25) is 10.0 Å². The van der Waals surface area contributed by atoms with Crippen LogP contribution in [0.4, 0.5) is 11.4 Å². The SMILES string of the molecule is CC(C)(C)NS(=O)(=O)c1ccc(C(=O)OCC(=O)Nc2ccc(Cl)c([N+](=O)[O-])c2)cc1. The minimum atomic E-state index is -3.76.